The normalized spacial score (nSPS) is 12.9. The third kappa shape index (κ3) is 1.04. The molecule has 0 saturated heterocycles. The molecule has 0 unspecified atom stereocenters. The van der Waals surface area contributed by atoms with Crippen molar-refractivity contribution in [3.05, 3.63) is 29.3 Å². The van der Waals surface area contributed by atoms with Gasteiger partial charge in [-0.3, -0.25) is 0 Å². The van der Waals surface area contributed by atoms with Crippen LogP contribution in [0.5, 0.6) is 0 Å². The number of rotatable bonds is 0. The van der Waals surface area contributed by atoms with Gasteiger partial charge in [0.1, 0.15) is 6.61 Å². The molecule has 0 spiro atoms. The van der Waals surface area contributed by atoms with Crippen LogP contribution >= 0.6 is 0 Å². The molecule has 0 amide bonds. The van der Waals surface area contributed by atoms with Gasteiger partial charge in [-0.2, -0.15) is 5.26 Å². The molecule has 12 heavy (non-hydrogen) atoms. The summed E-state index contributed by atoms with van der Waals surface area (Å²) >= 11 is 0. The van der Waals surface area contributed by atoms with E-state index in [1.165, 1.54) is 6.40 Å². The fourth-order valence-electron chi connectivity index (χ4n) is 1.12. The van der Waals surface area contributed by atoms with E-state index >= 15 is 0 Å². The standard InChI is InChI=1S/C9H6N2O/c10-4-7-1-2-9-8(3-7)5-12-6-11-9/h1-3,6H,5H2. The Morgan fingerprint density at radius 3 is 3.25 bits per heavy atom. The highest BCUT2D eigenvalue weighted by atomic mass is 16.5. The van der Waals surface area contributed by atoms with Gasteiger partial charge in [0, 0.05) is 5.56 Å². The van der Waals surface area contributed by atoms with Crippen molar-refractivity contribution < 1.29 is 4.74 Å². The molecule has 1 aliphatic heterocycles. The third-order valence-corrected chi connectivity index (χ3v) is 1.71. The highest BCUT2D eigenvalue weighted by Gasteiger charge is 2.05. The minimum atomic E-state index is 0.508. The Labute approximate surface area is 69.9 Å². The molecule has 0 aromatic heterocycles. The van der Waals surface area contributed by atoms with Crippen LogP contribution in [0, 0.1) is 11.3 Å². The molecular weight excluding hydrogens is 152 g/mol. The van der Waals surface area contributed by atoms with Gasteiger partial charge in [-0.05, 0) is 18.2 Å². The van der Waals surface area contributed by atoms with Crippen LogP contribution in [0.2, 0.25) is 0 Å². The third-order valence-electron chi connectivity index (χ3n) is 1.71. The number of ether oxygens (including phenoxy) is 1. The van der Waals surface area contributed by atoms with E-state index in [4.69, 9.17) is 10.00 Å². The van der Waals surface area contributed by atoms with Crippen LogP contribution in [0.1, 0.15) is 11.1 Å². The first kappa shape index (κ1) is 6.86. The van der Waals surface area contributed by atoms with Crippen LogP contribution < -0.4 is 0 Å². The Kier molecular flexibility index (Phi) is 1.52. The van der Waals surface area contributed by atoms with Gasteiger partial charge in [0.25, 0.3) is 0 Å². The zero-order valence-corrected chi connectivity index (χ0v) is 6.32. The van der Waals surface area contributed by atoms with Crippen molar-refractivity contribution in [2.45, 2.75) is 6.61 Å². The summed E-state index contributed by atoms with van der Waals surface area (Å²) in [5, 5.41) is 8.61. The van der Waals surface area contributed by atoms with Gasteiger partial charge in [-0.1, -0.05) is 0 Å². The van der Waals surface area contributed by atoms with E-state index in [1.54, 1.807) is 12.1 Å². The molecule has 58 valence electrons. The van der Waals surface area contributed by atoms with E-state index in [2.05, 4.69) is 11.1 Å². The summed E-state index contributed by atoms with van der Waals surface area (Å²) in [5.74, 6) is 0. The summed E-state index contributed by atoms with van der Waals surface area (Å²) in [7, 11) is 0. The summed E-state index contributed by atoms with van der Waals surface area (Å²) in [5.41, 5.74) is 2.51. The lowest BCUT2D eigenvalue weighted by Crippen LogP contribution is -1.97. The monoisotopic (exact) mass is 158 g/mol. The van der Waals surface area contributed by atoms with Crippen LogP contribution in [0.4, 0.5) is 5.69 Å². The van der Waals surface area contributed by atoms with Crippen molar-refractivity contribution in [1.29, 1.82) is 5.26 Å². The fraction of sp³-hybridized carbons (Fsp3) is 0.111. The first-order chi connectivity index (χ1) is 5.90. The lowest BCUT2D eigenvalue weighted by molar-refractivity contribution is 0.303. The highest BCUT2D eigenvalue weighted by molar-refractivity contribution is 5.62. The molecular formula is C9H6N2O. The average Bonchev–Trinajstić information content (AvgIpc) is 2.17. The van der Waals surface area contributed by atoms with Crippen molar-refractivity contribution in [3.8, 4) is 6.07 Å². The zero-order valence-electron chi connectivity index (χ0n) is 6.32. The van der Waals surface area contributed by atoms with Crippen molar-refractivity contribution in [1.82, 2.24) is 0 Å². The van der Waals surface area contributed by atoms with Gasteiger partial charge < -0.3 is 4.74 Å². The lowest BCUT2D eigenvalue weighted by Gasteiger charge is -2.09. The van der Waals surface area contributed by atoms with Gasteiger partial charge in [-0.15, -0.1) is 0 Å². The van der Waals surface area contributed by atoms with Crippen LogP contribution in [0.3, 0.4) is 0 Å². The largest absolute Gasteiger partial charge is 0.478 e. The van der Waals surface area contributed by atoms with Crippen LogP contribution in [-0.2, 0) is 11.3 Å². The quantitative estimate of drug-likeness (QED) is 0.577. The second kappa shape index (κ2) is 2.67. The molecule has 0 saturated carbocycles. The topological polar surface area (TPSA) is 45.4 Å². The van der Waals surface area contributed by atoms with E-state index in [9.17, 15) is 0 Å². The maximum atomic E-state index is 8.61. The molecule has 1 aromatic rings. The first-order valence-electron chi connectivity index (χ1n) is 3.57. The van der Waals surface area contributed by atoms with Gasteiger partial charge in [-0.25, -0.2) is 4.99 Å². The summed E-state index contributed by atoms with van der Waals surface area (Å²) in [6.45, 7) is 0.508. The molecule has 0 aliphatic carbocycles. The fourth-order valence-corrected chi connectivity index (χ4v) is 1.12. The van der Waals surface area contributed by atoms with E-state index < -0.39 is 0 Å². The molecule has 3 nitrogen and oxygen atoms in total. The smallest absolute Gasteiger partial charge is 0.175 e. The Bertz CT molecular complexity index is 377. The molecule has 1 heterocycles. The predicted octanol–water partition coefficient (Wildman–Crippen LogP) is 1.75. The maximum Gasteiger partial charge on any atom is 0.175 e. The van der Waals surface area contributed by atoms with Crippen LogP contribution in [-0.4, -0.2) is 6.40 Å². The lowest BCUT2D eigenvalue weighted by atomic mass is 10.1. The summed E-state index contributed by atoms with van der Waals surface area (Å²) in [4.78, 5) is 4.01. The average molecular weight is 158 g/mol. The Hall–Kier alpha value is -1.82. The van der Waals surface area contributed by atoms with Crippen molar-refractivity contribution in [2.24, 2.45) is 4.99 Å². The summed E-state index contributed by atoms with van der Waals surface area (Å²) < 4.78 is 4.99. The Morgan fingerprint density at radius 2 is 2.42 bits per heavy atom. The van der Waals surface area contributed by atoms with E-state index in [0.717, 1.165) is 11.3 Å². The summed E-state index contributed by atoms with van der Waals surface area (Å²) in [6, 6.07) is 7.44. The first-order valence-corrected chi connectivity index (χ1v) is 3.57. The molecule has 3 heteroatoms. The second-order valence-corrected chi connectivity index (χ2v) is 2.50. The number of benzene rings is 1. The van der Waals surface area contributed by atoms with Crippen LogP contribution in [0.25, 0.3) is 0 Å². The van der Waals surface area contributed by atoms with Crippen molar-refractivity contribution in [2.75, 3.05) is 0 Å². The Balaban J connectivity index is 2.53. The van der Waals surface area contributed by atoms with E-state index in [0.29, 0.717) is 12.2 Å². The minimum absolute atomic E-state index is 0.508. The SMILES string of the molecule is N#Cc1ccc2c(c1)COC=N2. The number of hydrogen-bond donors (Lipinski definition) is 0. The van der Waals surface area contributed by atoms with E-state index in [-0.39, 0.29) is 0 Å². The number of fused-ring (bicyclic) bond motifs is 1. The molecule has 1 aromatic carbocycles. The second-order valence-electron chi connectivity index (χ2n) is 2.50. The number of hydrogen-bond acceptors (Lipinski definition) is 3. The highest BCUT2D eigenvalue weighted by Crippen LogP contribution is 2.23. The summed E-state index contributed by atoms with van der Waals surface area (Å²) in [6.07, 6.45) is 1.42. The molecule has 0 atom stereocenters. The number of nitrogens with zero attached hydrogens (tertiary/aromatic N) is 2. The van der Waals surface area contributed by atoms with Gasteiger partial charge in [0.2, 0.25) is 0 Å². The molecule has 1 aliphatic rings. The van der Waals surface area contributed by atoms with Crippen LogP contribution in [0.15, 0.2) is 23.2 Å². The predicted molar refractivity (Wildman–Crippen MR) is 44.1 cm³/mol. The number of nitriles is 1. The number of aliphatic imine (C=N–C) groups is 1. The molecule has 0 fully saturated rings. The zero-order chi connectivity index (χ0) is 8.39. The van der Waals surface area contributed by atoms with Gasteiger partial charge in [0.15, 0.2) is 6.40 Å². The van der Waals surface area contributed by atoms with Crippen molar-refractivity contribution in [3.63, 3.8) is 0 Å². The Morgan fingerprint density at radius 1 is 1.50 bits per heavy atom. The minimum Gasteiger partial charge on any atom is -0.478 e. The maximum absolute atomic E-state index is 8.61. The van der Waals surface area contributed by atoms with Gasteiger partial charge >= 0.3 is 0 Å². The molecule has 0 N–H and O–H groups in total. The van der Waals surface area contributed by atoms with Gasteiger partial charge in [0.05, 0.1) is 17.3 Å². The molecule has 2 rings (SSSR count). The molecule has 0 radical (unpaired) electrons. The van der Waals surface area contributed by atoms with Crippen molar-refractivity contribution >= 4 is 12.1 Å². The molecule has 0 bridgehead atoms. The van der Waals surface area contributed by atoms with E-state index in [1.807, 2.05) is 6.07 Å².